The molecule has 1 aliphatic carbocycles. The molecule has 0 saturated heterocycles. The first kappa shape index (κ1) is 11.7. The summed E-state index contributed by atoms with van der Waals surface area (Å²) in [5.41, 5.74) is 3.77. The van der Waals surface area contributed by atoms with Crippen molar-refractivity contribution < 1.29 is 4.79 Å². The lowest BCUT2D eigenvalue weighted by Crippen LogP contribution is -1.95. The third kappa shape index (κ3) is 1.45. The van der Waals surface area contributed by atoms with Crippen molar-refractivity contribution in [3.8, 4) is 11.1 Å². The van der Waals surface area contributed by atoms with Crippen LogP contribution < -0.4 is 0 Å². The van der Waals surface area contributed by atoms with Gasteiger partial charge >= 0.3 is 0 Å². The maximum absolute atomic E-state index is 12.8. The van der Waals surface area contributed by atoms with Crippen molar-refractivity contribution in [1.82, 2.24) is 0 Å². The highest BCUT2D eigenvalue weighted by atomic mass is 16.1. The van der Waals surface area contributed by atoms with Crippen LogP contribution in [0.25, 0.3) is 32.7 Å². The van der Waals surface area contributed by atoms with E-state index in [1.54, 1.807) is 0 Å². The molecule has 0 fully saturated rings. The third-order valence-electron chi connectivity index (χ3n) is 4.55. The quantitative estimate of drug-likeness (QED) is 0.381. The Hall–Kier alpha value is -2.93. The molecular weight excluding hydrogens is 268 g/mol. The van der Waals surface area contributed by atoms with Gasteiger partial charge in [-0.2, -0.15) is 0 Å². The monoisotopic (exact) mass is 280 g/mol. The normalized spacial score (nSPS) is 12.6. The highest BCUT2D eigenvalue weighted by Crippen LogP contribution is 2.40. The van der Waals surface area contributed by atoms with Crippen molar-refractivity contribution in [1.29, 1.82) is 0 Å². The number of hydrogen-bond acceptors (Lipinski definition) is 1. The molecule has 1 aliphatic rings. The van der Waals surface area contributed by atoms with E-state index >= 15 is 0 Å². The van der Waals surface area contributed by atoms with Crippen LogP contribution in [-0.2, 0) is 0 Å². The second-order valence-electron chi connectivity index (χ2n) is 5.82. The summed E-state index contributed by atoms with van der Waals surface area (Å²) in [5, 5.41) is 4.59. The van der Waals surface area contributed by atoms with Gasteiger partial charge in [-0.25, -0.2) is 0 Å². The number of benzene rings is 4. The smallest absolute Gasteiger partial charge is 0.194 e. The zero-order valence-corrected chi connectivity index (χ0v) is 11.8. The fourth-order valence-corrected chi connectivity index (χ4v) is 3.45. The molecule has 0 bridgehead atoms. The SMILES string of the molecule is O=C1c2cc3ccccc3cc2-c2cc3ccccc3cc21. The third-order valence-corrected chi connectivity index (χ3v) is 4.55. The Morgan fingerprint density at radius 1 is 0.455 bits per heavy atom. The molecule has 0 saturated carbocycles. The summed E-state index contributed by atoms with van der Waals surface area (Å²) < 4.78 is 0. The van der Waals surface area contributed by atoms with E-state index in [4.69, 9.17) is 0 Å². The number of ketones is 1. The van der Waals surface area contributed by atoms with Gasteiger partial charge in [0.1, 0.15) is 0 Å². The fourth-order valence-electron chi connectivity index (χ4n) is 3.45. The van der Waals surface area contributed by atoms with Crippen LogP contribution >= 0.6 is 0 Å². The molecule has 0 N–H and O–H groups in total. The van der Waals surface area contributed by atoms with Gasteiger partial charge < -0.3 is 0 Å². The van der Waals surface area contributed by atoms with Crippen LogP contribution in [0.5, 0.6) is 0 Å². The van der Waals surface area contributed by atoms with Crippen LogP contribution in [0.4, 0.5) is 0 Å². The zero-order chi connectivity index (χ0) is 14.7. The Labute approximate surface area is 127 Å². The molecular formula is C21H12O. The molecule has 0 heterocycles. The summed E-state index contributed by atoms with van der Waals surface area (Å²) >= 11 is 0. The van der Waals surface area contributed by atoms with E-state index in [1.807, 2.05) is 36.4 Å². The lowest BCUT2D eigenvalue weighted by Gasteiger charge is -2.04. The van der Waals surface area contributed by atoms with Crippen molar-refractivity contribution in [2.24, 2.45) is 0 Å². The summed E-state index contributed by atoms with van der Waals surface area (Å²) in [7, 11) is 0. The molecule has 0 unspecified atom stereocenters. The van der Waals surface area contributed by atoms with Gasteiger partial charge in [0.05, 0.1) is 0 Å². The molecule has 4 aromatic carbocycles. The number of hydrogen-bond donors (Lipinski definition) is 0. The fraction of sp³-hybridized carbons (Fsp3) is 0. The number of carbonyl (C=O) groups excluding carboxylic acids is 1. The van der Waals surface area contributed by atoms with Crippen LogP contribution in [-0.4, -0.2) is 5.78 Å². The molecule has 0 radical (unpaired) electrons. The van der Waals surface area contributed by atoms with E-state index in [0.717, 1.165) is 33.0 Å². The van der Waals surface area contributed by atoms with E-state index in [0.29, 0.717) is 0 Å². The number of rotatable bonds is 0. The van der Waals surface area contributed by atoms with Gasteiger partial charge in [-0.05, 0) is 56.9 Å². The van der Waals surface area contributed by atoms with Crippen molar-refractivity contribution in [3.05, 3.63) is 83.9 Å². The summed E-state index contributed by atoms with van der Waals surface area (Å²) in [6, 6.07) is 24.7. The molecule has 1 nitrogen and oxygen atoms in total. The molecule has 1 heteroatoms. The van der Waals surface area contributed by atoms with E-state index in [2.05, 4.69) is 36.4 Å². The summed E-state index contributed by atoms with van der Waals surface area (Å²) in [6.45, 7) is 0. The Balaban J connectivity index is 1.90. The van der Waals surface area contributed by atoms with Crippen molar-refractivity contribution in [2.45, 2.75) is 0 Å². The lowest BCUT2D eigenvalue weighted by molar-refractivity contribution is 0.104. The van der Waals surface area contributed by atoms with Gasteiger partial charge in [0.2, 0.25) is 0 Å². The highest BCUT2D eigenvalue weighted by Gasteiger charge is 2.27. The summed E-state index contributed by atoms with van der Waals surface area (Å²) in [4.78, 5) is 12.8. The van der Waals surface area contributed by atoms with Gasteiger partial charge in [-0.3, -0.25) is 4.79 Å². The highest BCUT2D eigenvalue weighted by molar-refractivity contribution is 6.24. The maximum Gasteiger partial charge on any atom is 0.194 e. The number of fused-ring (bicyclic) bond motifs is 5. The predicted octanol–water partition coefficient (Wildman–Crippen LogP) is 5.20. The minimum atomic E-state index is 0.140. The molecule has 22 heavy (non-hydrogen) atoms. The first-order valence-electron chi connectivity index (χ1n) is 7.42. The zero-order valence-electron chi connectivity index (χ0n) is 11.8. The standard InChI is InChI=1S/C21H12O/c22-21-19-11-15-7-3-1-5-13(15)9-17(19)18-10-14-6-2-4-8-16(14)12-20(18)21/h1-12H. The Morgan fingerprint density at radius 2 is 0.773 bits per heavy atom. The average Bonchev–Trinajstić information content (AvgIpc) is 2.83. The Kier molecular flexibility index (Phi) is 2.15. The molecule has 0 aromatic heterocycles. The van der Waals surface area contributed by atoms with E-state index in [9.17, 15) is 4.79 Å². The molecule has 0 amide bonds. The van der Waals surface area contributed by atoms with Crippen molar-refractivity contribution in [2.75, 3.05) is 0 Å². The molecule has 102 valence electrons. The van der Waals surface area contributed by atoms with Crippen LogP contribution in [0, 0.1) is 0 Å². The van der Waals surface area contributed by atoms with Crippen LogP contribution in [0.3, 0.4) is 0 Å². The topological polar surface area (TPSA) is 17.1 Å². The Morgan fingerprint density at radius 3 is 1.14 bits per heavy atom. The van der Waals surface area contributed by atoms with Gasteiger partial charge in [0.25, 0.3) is 0 Å². The molecule has 0 aliphatic heterocycles. The van der Waals surface area contributed by atoms with E-state index < -0.39 is 0 Å². The van der Waals surface area contributed by atoms with Gasteiger partial charge in [0.15, 0.2) is 5.78 Å². The van der Waals surface area contributed by atoms with Crippen LogP contribution in [0.1, 0.15) is 15.9 Å². The van der Waals surface area contributed by atoms with Gasteiger partial charge in [-0.15, -0.1) is 0 Å². The average molecular weight is 280 g/mol. The minimum absolute atomic E-state index is 0.140. The van der Waals surface area contributed by atoms with Crippen molar-refractivity contribution >= 4 is 27.3 Å². The second-order valence-corrected chi connectivity index (χ2v) is 5.82. The predicted molar refractivity (Wildman–Crippen MR) is 90.3 cm³/mol. The molecule has 0 atom stereocenters. The van der Waals surface area contributed by atoms with Crippen LogP contribution in [0.15, 0.2) is 72.8 Å². The van der Waals surface area contributed by atoms with Crippen molar-refractivity contribution in [3.63, 3.8) is 0 Å². The Bertz CT molecular complexity index is 1000. The largest absolute Gasteiger partial charge is 0.289 e. The van der Waals surface area contributed by atoms with E-state index in [1.165, 1.54) is 10.8 Å². The lowest BCUT2D eigenvalue weighted by atomic mass is 9.99. The van der Waals surface area contributed by atoms with E-state index in [-0.39, 0.29) is 5.78 Å². The van der Waals surface area contributed by atoms with Crippen LogP contribution in [0.2, 0.25) is 0 Å². The first-order chi connectivity index (χ1) is 10.8. The molecule has 4 aromatic rings. The summed E-state index contributed by atoms with van der Waals surface area (Å²) in [6.07, 6.45) is 0. The van der Waals surface area contributed by atoms with Gasteiger partial charge in [0, 0.05) is 11.1 Å². The second kappa shape index (κ2) is 4.05. The summed E-state index contributed by atoms with van der Waals surface area (Å²) in [5.74, 6) is 0.140. The minimum Gasteiger partial charge on any atom is -0.289 e. The van der Waals surface area contributed by atoms with Gasteiger partial charge in [-0.1, -0.05) is 48.5 Å². The molecule has 5 rings (SSSR count). The molecule has 0 spiro atoms. The number of carbonyl (C=O) groups is 1. The maximum atomic E-state index is 12.8. The first-order valence-corrected chi connectivity index (χ1v) is 7.42.